The van der Waals surface area contributed by atoms with E-state index in [-0.39, 0.29) is 6.04 Å². The number of fused-ring (bicyclic) bond motifs is 4. The summed E-state index contributed by atoms with van der Waals surface area (Å²) < 4.78 is 0. The molecule has 0 spiro atoms. The van der Waals surface area contributed by atoms with Crippen LogP contribution in [-0.4, -0.2) is 34.1 Å². The van der Waals surface area contributed by atoms with Crippen LogP contribution in [0.25, 0.3) is 10.9 Å². The van der Waals surface area contributed by atoms with E-state index in [4.69, 9.17) is 0 Å². The van der Waals surface area contributed by atoms with E-state index in [1.54, 1.807) is 0 Å². The molecule has 3 heteroatoms. The number of aromatic nitrogens is 1. The van der Waals surface area contributed by atoms with Crippen molar-refractivity contribution >= 4 is 10.9 Å². The van der Waals surface area contributed by atoms with Crippen molar-refractivity contribution in [3.05, 3.63) is 78.0 Å². The molecule has 1 unspecified atom stereocenters. The zero-order valence-electron chi connectivity index (χ0n) is 16.2. The number of hydrogen-bond donors (Lipinski definition) is 1. The first-order chi connectivity index (χ1) is 13.8. The second-order valence-corrected chi connectivity index (χ2v) is 8.49. The van der Waals surface area contributed by atoms with Crippen molar-refractivity contribution in [3.8, 4) is 0 Å². The zero-order valence-corrected chi connectivity index (χ0v) is 16.2. The summed E-state index contributed by atoms with van der Waals surface area (Å²) in [6.07, 6.45) is 6.20. The van der Waals surface area contributed by atoms with Crippen molar-refractivity contribution < 1.29 is 5.11 Å². The monoisotopic (exact) mass is 372 g/mol. The van der Waals surface area contributed by atoms with Gasteiger partial charge in [-0.3, -0.25) is 9.88 Å². The summed E-state index contributed by atoms with van der Waals surface area (Å²) >= 11 is 0. The number of hydrogen-bond acceptors (Lipinski definition) is 3. The van der Waals surface area contributed by atoms with E-state index in [2.05, 4.69) is 46.3 Å². The van der Waals surface area contributed by atoms with E-state index < -0.39 is 6.10 Å². The van der Waals surface area contributed by atoms with Crippen LogP contribution < -0.4 is 0 Å². The van der Waals surface area contributed by atoms with Gasteiger partial charge in [0.15, 0.2) is 0 Å². The van der Waals surface area contributed by atoms with Gasteiger partial charge in [-0.15, -0.1) is 0 Å². The zero-order chi connectivity index (χ0) is 18.9. The molecule has 3 nitrogen and oxygen atoms in total. The lowest BCUT2D eigenvalue weighted by molar-refractivity contribution is -0.0572. The Labute approximate surface area is 167 Å². The van der Waals surface area contributed by atoms with Crippen LogP contribution in [0.4, 0.5) is 0 Å². The number of para-hydroxylation sites is 1. The van der Waals surface area contributed by atoms with Gasteiger partial charge >= 0.3 is 0 Å². The summed E-state index contributed by atoms with van der Waals surface area (Å²) in [5, 5.41) is 12.4. The van der Waals surface area contributed by atoms with Crippen molar-refractivity contribution in [3.63, 3.8) is 0 Å². The van der Waals surface area contributed by atoms with Gasteiger partial charge in [-0.25, -0.2) is 0 Å². The third kappa shape index (κ3) is 3.34. The van der Waals surface area contributed by atoms with Gasteiger partial charge in [-0.1, -0.05) is 48.5 Å². The number of benzene rings is 2. The molecule has 0 amide bonds. The summed E-state index contributed by atoms with van der Waals surface area (Å²) in [6.45, 7) is 2.25. The van der Waals surface area contributed by atoms with Gasteiger partial charge in [0, 0.05) is 24.2 Å². The maximum atomic E-state index is 11.3. The van der Waals surface area contributed by atoms with Crippen LogP contribution in [0.5, 0.6) is 0 Å². The largest absolute Gasteiger partial charge is 0.387 e. The normalized spacial score (nSPS) is 27.8. The highest BCUT2D eigenvalue weighted by Gasteiger charge is 2.42. The van der Waals surface area contributed by atoms with E-state index in [9.17, 15) is 5.11 Å². The quantitative estimate of drug-likeness (QED) is 0.710. The molecule has 3 aliphatic rings. The lowest BCUT2D eigenvalue weighted by Gasteiger charge is -2.51. The van der Waals surface area contributed by atoms with Crippen LogP contribution in [0.1, 0.15) is 36.5 Å². The van der Waals surface area contributed by atoms with E-state index in [0.29, 0.717) is 0 Å². The Bertz CT molecular complexity index is 936. The molecule has 3 fully saturated rings. The van der Waals surface area contributed by atoms with Gasteiger partial charge < -0.3 is 5.11 Å². The van der Waals surface area contributed by atoms with Crippen LogP contribution in [0.15, 0.2) is 66.9 Å². The maximum absolute atomic E-state index is 11.3. The van der Waals surface area contributed by atoms with E-state index >= 15 is 0 Å². The molecular formula is C25H28N2O. The van der Waals surface area contributed by atoms with Crippen molar-refractivity contribution in [2.24, 2.45) is 11.8 Å². The average Bonchev–Trinajstić information content (AvgIpc) is 2.78. The van der Waals surface area contributed by atoms with E-state index in [1.807, 2.05) is 30.5 Å². The molecule has 3 aliphatic heterocycles. The third-order valence-corrected chi connectivity index (χ3v) is 6.95. The molecule has 0 radical (unpaired) electrons. The SMILES string of the molecule is O[C@@H](c1ccnc2ccccc12)[C@H]1C[C@@H]2CCN1C[C@@H]2CCc1ccccc1. The number of rotatable bonds is 5. The van der Waals surface area contributed by atoms with Crippen LogP contribution in [0, 0.1) is 11.8 Å². The molecular weight excluding hydrogens is 344 g/mol. The van der Waals surface area contributed by atoms with Crippen LogP contribution in [-0.2, 0) is 6.42 Å². The molecule has 2 bridgehead atoms. The lowest BCUT2D eigenvalue weighted by atomic mass is 9.71. The standard InChI is InChI=1S/C25H28N2O/c28-25(22-12-14-26-23-9-5-4-8-21(22)23)24-16-19-13-15-27(24)17-20(19)11-10-18-6-2-1-3-7-18/h1-9,12,14,19-20,24-25,28H,10-11,13,15-17H2/t19-,20-,24+,25-/m0/s1. The van der Waals surface area contributed by atoms with Crippen LogP contribution in [0.3, 0.4) is 0 Å². The van der Waals surface area contributed by atoms with Gasteiger partial charge in [0.25, 0.3) is 0 Å². The Kier molecular flexibility index (Phi) is 4.87. The Morgan fingerprint density at radius 2 is 1.86 bits per heavy atom. The molecule has 2 aromatic carbocycles. The number of pyridine rings is 1. The molecule has 6 rings (SSSR count). The summed E-state index contributed by atoms with van der Waals surface area (Å²) in [4.78, 5) is 7.01. The van der Waals surface area contributed by atoms with Gasteiger partial charge in [-0.05, 0) is 67.3 Å². The highest BCUT2D eigenvalue weighted by molar-refractivity contribution is 5.82. The minimum absolute atomic E-state index is 0.234. The second-order valence-electron chi connectivity index (χ2n) is 8.49. The number of aliphatic hydroxyl groups excluding tert-OH is 1. The highest BCUT2D eigenvalue weighted by atomic mass is 16.3. The molecule has 5 atom stereocenters. The predicted molar refractivity (Wildman–Crippen MR) is 113 cm³/mol. The molecule has 1 aromatic heterocycles. The molecule has 144 valence electrons. The van der Waals surface area contributed by atoms with Crippen molar-refractivity contribution in [1.82, 2.24) is 9.88 Å². The summed E-state index contributed by atoms with van der Waals surface area (Å²) in [7, 11) is 0. The first-order valence-electron chi connectivity index (χ1n) is 10.6. The number of nitrogens with zero attached hydrogens (tertiary/aromatic N) is 2. The fourth-order valence-electron chi connectivity index (χ4n) is 5.42. The van der Waals surface area contributed by atoms with Gasteiger partial charge in [0.1, 0.15) is 0 Å². The maximum Gasteiger partial charge on any atom is 0.0952 e. The molecule has 28 heavy (non-hydrogen) atoms. The van der Waals surface area contributed by atoms with Gasteiger partial charge in [0.2, 0.25) is 0 Å². The molecule has 1 N–H and O–H groups in total. The Morgan fingerprint density at radius 3 is 2.68 bits per heavy atom. The summed E-state index contributed by atoms with van der Waals surface area (Å²) in [5.41, 5.74) is 3.44. The minimum Gasteiger partial charge on any atom is -0.387 e. The van der Waals surface area contributed by atoms with Crippen molar-refractivity contribution in [1.29, 1.82) is 0 Å². The third-order valence-electron chi connectivity index (χ3n) is 6.95. The first-order valence-corrected chi connectivity index (χ1v) is 10.6. The molecule has 0 saturated carbocycles. The van der Waals surface area contributed by atoms with Crippen molar-refractivity contribution in [2.75, 3.05) is 13.1 Å². The number of piperidine rings is 3. The smallest absolute Gasteiger partial charge is 0.0952 e. The van der Waals surface area contributed by atoms with Crippen molar-refractivity contribution in [2.45, 2.75) is 37.8 Å². The fourth-order valence-corrected chi connectivity index (χ4v) is 5.42. The fraction of sp³-hybridized carbons (Fsp3) is 0.400. The Balaban J connectivity index is 1.30. The highest BCUT2D eigenvalue weighted by Crippen LogP contribution is 2.43. The summed E-state index contributed by atoms with van der Waals surface area (Å²) in [6, 6.07) is 21.2. The minimum atomic E-state index is -0.439. The van der Waals surface area contributed by atoms with Crippen LogP contribution >= 0.6 is 0 Å². The van der Waals surface area contributed by atoms with Gasteiger partial charge in [0.05, 0.1) is 11.6 Å². The predicted octanol–water partition coefficient (Wildman–Crippen LogP) is 4.61. The second kappa shape index (κ2) is 7.65. The average molecular weight is 373 g/mol. The number of aliphatic hydroxyl groups is 1. The van der Waals surface area contributed by atoms with Gasteiger partial charge in [-0.2, -0.15) is 0 Å². The Morgan fingerprint density at radius 1 is 1.04 bits per heavy atom. The van der Waals surface area contributed by atoms with Crippen LogP contribution in [0.2, 0.25) is 0 Å². The number of aryl methyl sites for hydroxylation is 1. The van der Waals surface area contributed by atoms with E-state index in [1.165, 1.54) is 18.4 Å². The molecule has 4 heterocycles. The molecule has 3 saturated heterocycles. The molecule has 0 aliphatic carbocycles. The summed E-state index contributed by atoms with van der Waals surface area (Å²) in [5.74, 6) is 1.49. The molecule has 3 aromatic rings. The first kappa shape index (κ1) is 17.8. The van der Waals surface area contributed by atoms with E-state index in [0.717, 1.165) is 54.2 Å². The topological polar surface area (TPSA) is 36.4 Å². The lowest BCUT2D eigenvalue weighted by Crippen LogP contribution is -2.55. The Hall–Kier alpha value is -2.23.